The number of ether oxygens (including phenoxy) is 1. The maximum absolute atomic E-state index is 12.9. The van der Waals surface area contributed by atoms with Crippen LogP contribution in [0.5, 0.6) is 0 Å². The molecule has 2 heterocycles. The van der Waals surface area contributed by atoms with E-state index in [0.717, 1.165) is 11.0 Å². The zero-order valence-electron chi connectivity index (χ0n) is 17.5. The Morgan fingerprint density at radius 2 is 1.93 bits per heavy atom. The summed E-state index contributed by atoms with van der Waals surface area (Å²) in [4.78, 5) is 41.6. The average Bonchev–Trinajstić information content (AvgIpc) is 3.07. The van der Waals surface area contributed by atoms with Gasteiger partial charge in [0.2, 0.25) is 11.6 Å². The summed E-state index contributed by atoms with van der Waals surface area (Å²) in [5.74, 6) is -0.349. The van der Waals surface area contributed by atoms with E-state index in [4.69, 9.17) is 9.15 Å². The van der Waals surface area contributed by atoms with Gasteiger partial charge < -0.3 is 14.5 Å². The lowest BCUT2D eigenvalue weighted by Gasteiger charge is -2.11. The van der Waals surface area contributed by atoms with Gasteiger partial charge >= 0.3 is 5.97 Å². The molecule has 0 aliphatic carbocycles. The minimum atomic E-state index is -0.656. The first-order chi connectivity index (χ1) is 14.3. The predicted octanol–water partition coefficient (Wildman–Crippen LogP) is 3.63. The van der Waals surface area contributed by atoms with Gasteiger partial charge in [0.25, 0.3) is 5.56 Å². The summed E-state index contributed by atoms with van der Waals surface area (Å²) in [7, 11) is 0. The molecule has 2 aromatic heterocycles. The number of carbonyl (C=O) groups is 2. The smallest absolute Gasteiger partial charge is 0.342 e. The fourth-order valence-corrected chi connectivity index (χ4v) is 3.19. The number of nitrogens with zero attached hydrogens (tertiary/aromatic N) is 2. The molecule has 0 saturated heterocycles. The van der Waals surface area contributed by atoms with E-state index >= 15 is 0 Å². The number of furan rings is 1. The molecule has 30 heavy (non-hydrogen) atoms. The Morgan fingerprint density at radius 1 is 1.23 bits per heavy atom. The first kappa shape index (κ1) is 21.3. The van der Waals surface area contributed by atoms with E-state index in [-0.39, 0.29) is 41.5 Å². The average molecular weight is 411 g/mol. The first-order valence-corrected chi connectivity index (χ1v) is 9.91. The van der Waals surface area contributed by atoms with E-state index < -0.39 is 11.5 Å². The number of hydrogen-bond donors (Lipinski definition) is 1. The van der Waals surface area contributed by atoms with Crippen LogP contribution in [0.2, 0.25) is 0 Å². The van der Waals surface area contributed by atoms with E-state index in [1.54, 1.807) is 13.8 Å². The zero-order chi connectivity index (χ0) is 21.8. The van der Waals surface area contributed by atoms with Gasteiger partial charge in [-0.3, -0.25) is 14.2 Å². The molecule has 0 saturated carbocycles. The molecule has 3 rings (SSSR count). The number of hydrogen-bond acceptors (Lipinski definition) is 6. The summed E-state index contributed by atoms with van der Waals surface area (Å²) >= 11 is 0. The van der Waals surface area contributed by atoms with Crippen LogP contribution < -0.4 is 10.9 Å². The zero-order valence-corrected chi connectivity index (χ0v) is 17.5. The number of benzene rings is 1. The van der Waals surface area contributed by atoms with Crippen molar-refractivity contribution in [2.24, 2.45) is 0 Å². The number of aryl methyl sites for hydroxylation is 1. The van der Waals surface area contributed by atoms with E-state index in [1.807, 2.05) is 24.3 Å². The molecular formula is C22H25N3O5. The topological polar surface area (TPSA) is 103 Å². The summed E-state index contributed by atoms with van der Waals surface area (Å²) < 4.78 is 11.6. The highest BCUT2D eigenvalue weighted by Gasteiger charge is 2.24. The van der Waals surface area contributed by atoms with Crippen molar-refractivity contribution in [2.45, 2.75) is 46.6 Å². The van der Waals surface area contributed by atoms with Gasteiger partial charge in [0.05, 0.1) is 6.61 Å². The normalized spacial score (nSPS) is 12.0. The molecule has 0 bridgehead atoms. The summed E-state index contributed by atoms with van der Waals surface area (Å²) in [6, 6.07) is 7.62. The molecule has 0 unspecified atom stereocenters. The molecule has 1 amide bonds. The van der Waals surface area contributed by atoms with Crippen LogP contribution in [0.3, 0.4) is 0 Å². The second-order valence-electron chi connectivity index (χ2n) is 7.09. The van der Waals surface area contributed by atoms with Crippen LogP contribution in [0.15, 0.2) is 39.8 Å². The van der Waals surface area contributed by atoms with Gasteiger partial charge in [-0.2, -0.15) is 0 Å². The van der Waals surface area contributed by atoms with Gasteiger partial charge in [-0.15, -0.1) is 0 Å². The number of nitrogens with one attached hydrogen (secondary N) is 1. The summed E-state index contributed by atoms with van der Waals surface area (Å²) in [5.41, 5.74) is 1.38. The second-order valence-corrected chi connectivity index (χ2v) is 7.09. The number of amides is 1. The number of aromatic nitrogens is 2. The quantitative estimate of drug-likeness (QED) is 0.596. The van der Waals surface area contributed by atoms with E-state index in [0.29, 0.717) is 11.6 Å². The van der Waals surface area contributed by atoms with Gasteiger partial charge in [0.15, 0.2) is 0 Å². The lowest BCUT2D eigenvalue weighted by atomic mass is 9.99. The molecule has 0 fully saturated rings. The summed E-state index contributed by atoms with van der Waals surface area (Å²) in [6.07, 6.45) is 2.26. The largest absolute Gasteiger partial charge is 0.462 e. The number of rotatable bonds is 7. The highest BCUT2D eigenvalue weighted by atomic mass is 16.5. The third-order valence-electron chi connectivity index (χ3n) is 5.02. The third-order valence-corrected chi connectivity index (χ3v) is 5.02. The van der Waals surface area contributed by atoms with Crippen molar-refractivity contribution in [1.29, 1.82) is 0 Å². The number of fused-ring (bicyclic) bond motifs is 1. The fourth-order valence-electron chi connectivity index (χ4n) is 3.19. The van der Waals surface area contributed by atoms with E-state index in [1.165, 1.54) is 11.9 Å². The van der Waals surface area contributed by atoms with Crippen LogP contribution in [0.1, 0.15) is 54.8 Å². The molecule has 3 aromatic rings. The van der Waals surface area contributed by atoms with Gasteiger partial charge in [-0.25, -0.2) is 9.78 Å². The van der Waals surface area contributed by atoms with Crippen molar-refractivity contribution in [3.8, 4) is 0 Å². The highest BCUT2D eigenvalue weighted by Crippen LogP contribution is 2.22. The van der Waals surface area contributed by atoms with Crippen molar-refractivity contribution in [3.63, 3.8) is 0 Å². The molecule has 158 valence electrons. The lowest BCUT2D eigenvalue weighted by molar-refractivity contribution is -0.116. The van der Waals surface area contributed by atoms with Gasteiger partial charge in [0, 0.05) is 5.69 Å². The molecule has 1 aromatic carbocycles. The third kappa shape index (κ3) is 4.27. The van der Waals surface area contributed by atoms with Gasteiger partial charge in [0.1, 0.15) is 29.6 Å². The van der Waals surface area contributed by atoms with Crippen LogP contribution in [0.4, 0.5) is 5.69 Å². The minimum Gasteiger partial charge on any atom is -0.462 e. The Morgan fingerprint density at radius 3 is 2.57 bits per heavy atom. The second kappa shape index (κ2) is 8.94. The molecule has 0 spiro atoms. The Labute approximate surface area is 173 Å². The summed E-state index contributed by atoms with van der Waals surface area (Å²) in [6.45, 7) is 7.42. The SMILES string of the molecule is CCOC(=O)c1c(C)oc2ncn(CC(=O)Nc3ccc([C@@H](C)CC)cc3)c(=O)c12. The number of carbonyl (C=O) groups excluding carboxylic acids is 2. The molecule has 8 nitrogen and oxygen atoms in total. The number of anilines is 1. The number of esters is 1. The molecular weight excluding hydrogens is 386 g/mol. The Balaban J connectivity index is 1.82. The van der Waals surface area contributed by atoms with Crippen LogP contribution in [-0.2, 0) is 16.1 Å². The highest BCUT2D eigenvalue weighted by molar-refractivity contribution is 6.03. The molecule has 0 aliphatic rings. The van der Waals surface area contributed by atoms with Gasteiger partial charge in [-0.05, 0) is 43.9 Å². The maximum Gasteiger partial charge on any atom is 0.342 e. The molecule has 1 atom stereocenters. The summed E-state index contributed by atoms with van der Waals surface area (Å²) in [5, 5.41) is 2.78. The van der Waals surface area contributed by atoms with Crippen molar-refractivity contribution in [3.05, 3.63) is 57.8 Å². The molecule has 0 aliphatic heterocycles. The maximum atomic E-state index is 12.9. The lowest BCUT2D eigenvalue weighted by Crippen LogP contribution is -2.28. The van der Waals surface area contributed by atoms with E-state index in [9.17, 15) is 14.4 Å². The molecule has 8 heteroatoms. The van der Waals surface area contributed by atoms with Crippen LogP contribution in [0.25, 0.3) is 11.1 Å². The minimum absolute atomic E-state index is 0.0131. The van der Waals surface area contributed by atoms with Crippen molar-refractivity contribution in [2.75, 3.05) is 11.9 Å². The van der Waals surface area contributed by atoms with Crippen molar-refractivity contribution < 1.29 is 18.7 Å². The van der Waals surface area contributed by atoms with Crippen LogP contribution in [0, 0.1) is 6.92 Å². The van der Waals surface area contributed by atoms with Crippen LogP contribution >= 0.6 is 0 Å². The van der Waals surface area contributed by atoms with Gasteiger partial charge in [-0.1, -0.05) is 26.0 Å². The Kier molecular flexibility index (Phi) is 6.34. The monoisotopic (exact) mass is 411 g/mol. The van der Waals surface area contributed by atoms with Crippen molar-refractivity contribution >= 4 is 28.7 Å². The Hall–Kier alpha value is -3.42. The molecule has 0 radical (unpaired) electrons. The standard InChI is InChI=1S/C22H25N3O5/c1-5-13(3)15-7-9-16(10-8-15)24-17(26)11-25-12-23-20-19(21(25)27)18(14(4)30-20)22(28)29-6-2/h7-10,12-13H,5-6,11H2,1-4H3,(H,24,26)/t13-/m0/s1. The predicted molar refractivity (Wildman–Crippen MR) is 113 cm³/mol. The Bertz CT molecular complexity index is 1130. The van der Waals surface area contributed by atoms with Crippen LogP contribution in [-0.4, -0.2) is 28.0 Å². The first-order valence-electron chi connectivity index (χ1n) is 9.91. The van der Waals surface area contributed by atoms with E-state index in [2.05, 4.69) is 24.1 Å². The van der Waals surface area contributed by atoms with Crippen molar-refractivity contribution in [1.82, 2.24) is 9.55 Å². The molecule has 1 N–H and O–H groups in total. The fraction of sp³-hybridized carbons (Fsp3) is 0.364.